The van der Waals surface area contributed by atoms with Gasteiger partial charge in [-0.1, -0.05) is 30.2 Å². The maximum absolute atomic E-state index is 12.5. The van der Waals surface area contributed by atoms with E-state index in [0.717, 1.165) is 19.3 Å². The van der Waals surface area contributed by atoms with E-state index in [-0.39, 0.29) is 30.2 Å². The van der Waals surface area contributed by atoms with Gasteiger partial charge in [0.15, 0.2) is 0 Å². The Morgan fingerprint density at radius 2 is 2.13 bits per heavy atom. The molecule has 1 saturated carbocycles. The van der Waals surface area contributed by atoms with E-state index in [2.05, 4.69) is 5.32 Å². The highest BCUT2D eigenvalue weighted by atomic mass is 35.5. The molecule has 1 heterocycles. The maximum Gasteiger partial charge on any atom is 0.227 e. The van der Waals surface area contributed by atoms with Crippen LogP contribution in [-0.4, -0.2) is 30.9 Å². The molecule has 2 fully saturated rings. The van der Waals surface area contributed by atoms with E-state index in [1.165, 1.54) is 0 Å². The molecule has 6 heteroatoms. The van der Waals surface area contributed by atoms with Crippen molar-refractivity contribution in [2.45, 2.75) is 31.7 Å². The van der Waals surface area contributed by atoms with Crippen LogP contribution in [0.25, 0.3) is 0 Å². The minimum Gasteiger partial charge on any atom is -0.353 e. The summed E-state index contributed by atoms with van der Waals surface area (Å²) < 4.78 is 0. The van der Waals surface area contributed by atoms with Gasteiger partial charge in [0, 0.05) is 19.0 Å². The average molecular weight is 336 g/mol. The second-order valence-electron chi connectivity index (χ2n) is 6.40. The molecule has 2 aliphatic rings. The normalized spacial score (nSPS) is 27.5. The van der Waals surface area contributed by atoms with Crippen molar-refractivity contribution in [2.24, 2.45) is 17.6 Å². The zero-order chi connectivity index (χ0) is 16.4. The van der Waals surface area contributed by atoms with Gasteiger partial charge >= 0.3 is 0 Å². The molecule has 124 valence electrons. The largest absolute Gasteiger partial charge is 0.353 e. The molecule has 0 bridgehead atoms. The van der Waals surface area contributed by atoms with Crippen molar-refractivity contribution in [1.82, 2.24) is 5.32 Å². The third kappa shape index (κ3) is 3.35. The zero-order valence-electron chi connectivity index (χ0n) is 13.0. The minimum absolute atomic E-state index is 0.0433. The summed E-state index contributed by atoms with van der Waals surface area (Å²) in [5.74, 6) is -0.0631. The Balaban J connectivity index is 1.65. The van der Waals surface area contributed by atoms with Gasteiger partial charge in [-0.25, -0.2) is 0 Å². The molecule has 1 aromatic rings. The quantitative estimate of drug-likeness (QED) is 0.883. The zero-order valence-corrected chi connectivity index (χ0v) is 13.8. The third-order valence-corrected chi connectivity index (χ3v) is 5.25. The third-order valence-electron chi connectivity index (χ3n) is 4.93. The number of rotatable bonds is 4. The molecule has 2 amide bonds. The summed E-state index contributed by atoms with van der Waals surface area (Å²) in [5.41, 5.74) is 6.44. The van der Waals surface area contributed by atoms with Gasteiger partial charge < -0.3 is 16.0 Å². The molecule has 3 N–H and O–H groups in total. The number of amides is 2. The standard InChI is InChI=1S/C17H22ClN3O2/c18-13-5-1-2-7-15(13)21-10-12(8-16(21)22)17(23)20-14-6-3-4-11(14)9-19/h1-2,5,7,11-12,14H,3-4,6,8-10,19H2,(H,20,23)/t11-,12+,14-/m0/s1. The van der Waals surface area contributed by atoms with Gasteiger partial charge in [0.05, 0.1) is 16.6 Å². The van der Waals surface area contributed by atoms with E-state index in [0.29, 0.717) is 29.7 Å². The van der Waals surface area contributed by atoms with Crippen LogP contribution in [0.2, 0.25) is 5.02 Å². The first kappa shape index (κ1) is 16.3. The summed E-state index contributed by atoms with van der Waals surface area (Å²) in [6, 6.07) is 7.37. The fraction of sp³-hybridized carbons (Fsp3) is 0.529. The summed E-state index contributed by atoms with van der Waals surface area (Å²) in [4.78, 5) is 26.4. The van der Waals surface area contributed by atoms with E-state index < -0.39 is 0 Å². The molecule has 3 rings (SSSR count). The van der Waals surface area contributed by atoms with Crippen molar-refractivity contribution in [3.05, 3.63) is 29.3 Å². The van der Waals surface area contributed by atoms with Gasteiger partial charge in [0.1, 0.15) is 0 Å². The van der Waals surface area contributed by atoms with Gasteiger partial charge in [-0.05, 0) is 37.4 Å². The first-order chi connectivity index (χ1) is 11.1. The van der Waals surface area contributed by atoms with Crippen LogP contribution in [-0.2, 0) is 9.59 Å². The van der Waals surface area contributed by atoms with Crippen LogP contribution in [0, 0.1) is 11.8 Å². The second kappa shape index (κ2) is 6.89. The Morgan fingerprint density at radius 3 is 2.87 bits per heavy atom. The van der Waals surface area contributed by atoms with E-state index in [4.69, 9.17) is 17.3 Å². The molecule has 0 radical (unpaired) electrons. The van der Waals surface area contributed by atoms with Crippen molar-refractivity contribution in [2.75, 3.05) is 18.0 Å². The Morgan fingerprint density at radius 1 is 1.35 bits per heavy atom. The molecular formula is C17H22ClN3O2. The first-order valence-electron chi connectivity index (χ1n) is 8.15. The number of halogens is 1. The molecule has 3 atom stereocenters. The SMILES string of the molecule is NC[C@@H]1CCC[C@@H]1NC(=O)[C@@H]1CC(=O)N(c2ccccc2Cl)C1. The fourth-order valence-corrected chi connectivity index (χ4v) is 3.83. The van der Waals surface area contributed by atoms with Crippen molar-refractivity contribution >= 4 is 29.1 Å². The van der Waals surface area contributed by atoms with E-state index >= 15 is 0 Å². The smallest absolute Gasteiger partial charge is 0.227 e. The summed E-state index contributed by atoms with van der Waals surface area (Å²) >= 11 is 6.16. The van der Waals surface area contributed by atoms with Crippen LogP contribution in [0.5, 0.6) is 0 Å². The molecule has 23 heavy (non-hydrogen) atoms. The van der Waals surface area contributed by atoms with Crippen LogP contribution in [0.1, 0.15) is 25.7 Å². The number of carbonyl (C=O) groups is 2. The van der Waals surface area contributed by atoms with E-state index in [1.807, 2.05) is 18.2 Å². The van der Waals surface area contributed by atoms with Gasteiger partial charge in [0.2, 0.25) is 11.8 Å². The molecule has 0 aromatic heterocycles. The van der Waals surface area contributed by atoms with Crippen molar-refractivity contribution < 1.29 is 9.59 Å². The highest BCUT2D eigenvalue weighted by Crippen LogP contribution is 2.31. The number of nitrogens with zero attached hydrogens (tertiary/aromatic N) is 1. The molecule has 0 spiro atoms. The number of hydrogen-bond donors (Lipinski definition) is 2. The Hall–Kier alpha value is -1.59. The summed E-state index contributed by atoms with van der Waals surface area (Å²) in [5, 5.41) is 3.63. The van der Waals surface area contributed by atoms with Gasteiger partial charge in [-0.15, -0.1) is 0 Å². The Bertz CT molecular complexity index is 607. The predicted molar refractivity (Wildman–Crippen MR) is 90.2 cm³/mol. The fourth-order valence-electron chi connectivity index (χ4n) is 3.60. The maximum atomic E-state index is 12.5. The number of nitrogens with two attached hydrogens (primary N) is 1. The van der Waals surface area contributed by atoms with E-state index in [9.17, 15) is 9.59 Å². The molecule has 1 aliphatic heterocycles. The number of benzene rings is 1. The van der Waals surface area contributed by atoms with Gasteiger partial charge in [0.25, 0.3) is 0 Å². The Labute approximate surface area is 141 Å². The molecular weight excluding hydrogens is 314 g/mol. The van der Waals surface area contributed by atoms with Crippen LogP contribution >= 0.6 is 11.6 Å². The van der Waals surface area contributed by atoms with Gasteiger partial charge in [-0.3, -0.25) is 9.59 Å². The van der Waals surface area contributed by atoms with Crippen molar-refractivity contribution in [1.29, 1.82) is 0 Å². The molecule has 1 aromatic carbocycles. The van der Waals surface area contributed by atoms with Crippen molar-refractivity contribution in [3.8, 4) is 0 Å². The molecule has 1 aliphatic carbocycles. The summed E-state index contributed by atoms with van der Waals surface area (Å²) in [7, 11) is 0. The van der Waals surface area contributed by atoms with Crippen molar-refractivity contribution in [3.63, 3.8) is 0 Å². The van der Waals surface area contributed by atoms with Gasteiger partial charge in [-0.2, -0.15) is 0 Å². The monoisotopic (exact) mass is 335 g/mol. The lowest BCUT2D eigenvalue weighted by molar-refractivity contribution is -0.127. The topological polar surface area (TPSA) is 75.4 Å². The second-order valence-corrected chi connectivity index (χ2v) is 6.81. The molecule has 0 unspecified atom stereocenters. The number of hydrogen-bond acceptors (Lipinski definition) is 3. The average Bonchev–Trinajstić information content (AvgIpc) is 3.14. The summed E-state index contributed by atoms with van der Waals surface area (Å²) in [6.45, 7) is 0.981. The molecule has 5 nitrogen and oxygen atoms in total. The number of anilines is 1. The first-order valence-corrected chi connectivity index (χ1v) is 8.53. The van der Waals surface area contributed by atoms with Crippen LogP contribution in [0.3, 0.4) is 0 Å². The highest BCUT2D eigenvalue weighted by molar-refractivity contribution is 6.33. The summed E-state index contributed by atoms with van der Waals surface area (Å²) in [6.07, 6.45) is 3.37. The highest BCUT2D eigenvalue weighted by Gasteiger charge is 2.37. The lowest BCUT2D eigenvalue weighted by Gasteiger charge is -2.22. The number of para-hydroxylation sites is 1. The number of nitrogens with one attached hydrogen (secondary N) is 1. The minimum atomic E-state index is -0.321. The number of carbonyl (C=O) groups excluding carboxylic acids is 2. The molecule has 1 saturated heterocycles. The van der Waals surface area contributed by atoms with Crippen LogP contribution < -0.4 is 16.0 Å². The van der Waals surface area contributed by atoms with E-state index in [1.54, 1.807) is 11.0 Å². The predicted octanol–water partition coefficient (Wildman–Crippen LogP) is 1.94. The Kier molecular flexibility index (Phi) is 4.87. The lowest BCUT2D eigenvalue weighted by atomic mass is 10.0. The lowest BCUT2D eigenvalue weighted by Crippen LogP contribution is -2.43. The van der Waals surface area contributed by atoms with Crippen LogP contribution in [0.4, 0.5) is 5.69 Å². The van der Waals surface area contributed by atoms with Crippen LogP contribution in [0.15, 0.2) is 24.3 Å².